The van der Waals surface area contributed by atoms with Crippen molar-refractivity contribution < 1.29 is 0 Å². The van der Waals surface area contributed by atoms with E-state index >= 15 is 0 Å². The Morgan fingerprint density at radius 1 is 1.33 bits per heavy atom. The standard InChI is InChI=1S/C14H17N/c1-14(2,10-15)13-9-5-7-11-6-3-4-8-12(11)13/h3-4,6,8,13H,5,7,9H2,1-2H3. The Labute approximate surface area is 91.7 Å². The molecule has 0 bridgehead atoms. The van der Waals surface area contributed by atoms with Crippen molar-refractivity contribution in [2.45, 2.75) is 39.0 Å². The Kier molecular flexibility index (Phi) is 2.52. The summed E-state index contributed by atoms with van der Waals surface area (Å²) < 4.78 is 0. The molecule has 1 unspecified atom stereocenters. The van der Waals surface area contributed by atoms with E-state index in [9.17, 15) is 5.26 Å². The number of hydrogen-bond donors (Lipinski definition) is 0. The average Bonchev–Trinajstić information content (AvgIpc) is 2.28. The third-order valence-corrected chi connectivity index (χ3v) is 3.53. The molecule has 0 aromatic heterocycles. The van der Waals surface area contributed by atoms with Crippen molar-refractivity contribution in [3.63, 3.8) is 0 Å². The number of nitrogens with zero attached hydrogens (tertiary/aromatic N) is 1. The van der Waals surface area contributed by atoms with Crippen LogP contribution in [-0.4, -0.2) is 0 Å². The maximum Gasteiger partial charge on any atom is 0.0690 e. The fourth-order valence-corrected chi connectivity index (χ4v) is 2.58. The summed E-state index contributed by atoms with van der Waals surface area (Å²) >= 11 is 0. The van der Waals surface area contributed by atoms with E-state index in [1.54, 1.807) is 0 Å². The lowest BCUT2D eigenvalue weighted by Crippen LogP contribution is -2.24. The topological polar surface area (TPSA) is 23.8 Å². The molecule has 1 aliphatic carbocycles. The molecular formula is C14H17N. The molecule has 1 aromatic rings. The van der Waals surface area contributed by atoms with Crippen molar-refractivity contribution in [1.82, 2.24) is 0 Å². The fourth-order valence-electron chi connectivity index (χ4n) is 2.58. The Balaban J connectivity index is 2.43. The van der Waals surface area contributed by atoms with Gasteiger partial charge in [-0.2, -0.15) is 5.26 Å². The van der Waals surface area contributed by atoms with Crippen molar-refractivity contribution in [3.05, 3.63) is 35.4 Å². The first kappa shape index (κ1) is 10.2. The van der Waals surface area contributed by atoms with Gasteiger partial charge in [0.15, 0.2) is 0 Å². The van der Waals surface area contributed by atoms with E-state index in [2.05, 4.69) is 44.2 Å². The minimum absolute atomic E-state index is 0.240. The molecule has 1 aliphatic rings. The van der Waals surface area contributed by atoms with E-state index < -0.39 is 0 Å². The number of nitriles is 1. The Morgan fingerprint density at radius 2 is 2.07 bits per heavy atom. The van der Waals surface area contributed by atoms with Crippen LogP contribution in [0.5, 0.6) is 0 Å². The number of rotatable bonds is 1. The normalized spacial score (nSPS) is 20.5. The van der Waals surface area contributed by atoms with Gasteiger partial charge in [-0.05, 0) is 44.2 Å². The van der Waals surface area contributed by atoms with Crippen LogP contribution in [0.2, 0.25) is 0 Å². The Bertz CT molecular complexity index is 398. The van der Waals surface area contributed by atoms with Gasteiger partial charge in [0, 0.05) is 5.92 Å². The molecule has 1 nitrogen and oxygen atoms in total. The number of fused-ring (bicyclic) bond motifs is 1. The predicted octanol–water partition coefficient (Wildman–Crippen LogP) is 3.66. The number of hydrogen-bond acceptors (Lipinski definition) is 1. The van der Waals surface area contributed by atoms with Crippen LogP contribution in [0.3, 0.4) is 0 Å². The smallest absolute Gasteiger partial charge is 0.0690 e. The molecule has 0 heterocycles. The maximum absolute atomic E-state index is 9.22. The summed E-state index contributed by atoms with van der Waals surface area (Å²) in [6.45, 7) is 4.11. The van der Waals surface area contributed by atoms with Crippen LogP contribution < -0.4 is 0 Å². The molecule has 0 N–H and O–H groups in total. The van der Waals surface area contributed by atoms with Gasteiger partial charge in [-0.25, -0.2) is 0 Å². The molecule has 0 radical (unpaired) electrons. The van der Waals surface area contributed by atoms with E-state index in [0.29, 0.717) is 5.92 Å². The van der Waals surface area contributed by atoms with Crippen LogP contribution in [0.4, 0.5) is 0 Å². The molecule has 0 amide bonds. The highest BCUT2D eigenvalue weighted by molar-refractivity contribution is 5.35. The van der Waals surface area contributed by atoms with Gasteiger partial charge in [0.2, 0.25) is 0 Å². The number of benzene rings is 1. The van der Waals surface area contributed by atoms with Crippen molar-refractivity contribution in [3.8, 4) is 6.07 Å². The van der Waals surface area contributed by atoms with Gasteiger partial charge in [-0.3, -0.25) is 0 Å². The summed E-state index contributed by atoms with van der Waals surface area (Å²) in [5.74, 6) is 0.410. The fraction of sp³-hybridized carbons (Fsp3) is 0.500. The monoisotopic (exact) mass is 199 g/mol. The second-order valence-electron chi connectivity index (χ2n) is 4.98. The molecule has 1 heteroatoms. The van der Waals surface area contributed by atoms with Crippen molar-refractivity contribution in [1.29, 1.82) is 5.26 Å². The first-order valence-electron chi connectivity index (χ1n) is 5.64. The molecule has 0 fully saturated rings. The zero-order valence-electron chi connectivity index (χ0n) is 9.46. The van der Waals surface area contributed by atoms with Crippen LogP contribution in [0.1, 0.15) is 43.7 Å². The average molecular weight is 199 g/mol. The van der Waals surface area contributed by atoms with Gasteiger partial charge < -0.3 is 0 Å². The zero-order chi connectivity index (χ0) is 10.9. The lowest BCUT2D eigenvalue weighted by Gasteiger charge is -2.33. The minimum Gasteiger partial charge on any atom is -0.198 e. The summed E-state index contributed by atoms with van der Waals surface area (Å²) in [5, 5.41) is 9.22. The quantitative estimate of drug-likeness (QED) is 0.677. The third kappa shape index (κ3) is 1.77. The van der Waals surface area contributed by atoms with Gasteiger partial charge >= 0.3 is 0 Å². The van der Waals surface area contributed by atoms with Crippen LogP contribution in [0.25, 0.3) is 0 Å². The Morgan fingerprint density at radius 3 is 2.80 bits per heavy atom. The van der Waals surface area contributed by atoms with Gasteiger partial charge in [-0.15, -0.1) is 0 Å². The second kappa shape index (κ2) is 3.70. The highest BCUT2D eigenvalue weighted by Gasteiger charge is 2.33. The summed E-state index contributed by atoms with van der Waals surface area (Å²) in [7, 11) is 0. The van der Waals surface area contributed by atoms with Crippen molar-refractivity contribution in [2.75, 3.05) is 0 Å². The summed E-state index contributed by atoms with van der Waals surface area (Å²) in [6.07, 6.45) is 3.54. The van der Waals surface area contributed by atoms with Crippen molar-refractivity contribution >= 4 is 0 Å². The number of aryl methyl sites for hydroxylation is 1. The SMILES string of the molecule is CC(C)(C#N)C1CCCc2ccccc21. The van der Waals surface area contributed by atoms with Gasteiger partial charge in [0.1, 0.15) is 0 Å². The van der Waals surface area contributed by atoms with Gasteiger partial charge in [0.25, 0.3) is 0 Å². The zero-order valence-corrected chi connectivity index (χ0v) is 9.46. The van der Waals surface area contributed by atoms with Crippen LogP contribution >= 0.6 is 0 Å². The second-order valence-corrected chi connectivity index (χ2v) is 4.98. The lowest BCUT2D eigenvalue weighted by molar-refractivity contribution is 0.344. The molecule has 0 saturated heterocycles. The predicted molar refractivity (Wildman–Crippen MR) is 61.5 cm³/mol. The summed E-state index contributed by atoms with van der Waals surface area (Å²) in [6, 6.07) is 11.0. The first-order chi connectivity index (χ1) is 7.15. The highest BCUT2D eigenvalue weighted by atomic mass is 14.4. The van der Waals surface area contributed by atoms with E-state index in [1.165, 1.54) is 24.0 Å². The third-order valence-electron chi connectivity index (χ3n) is 3.53. The largest absolute Gasteiger partial charge is 0.198 e. The molecule has 1 atom stereocenters. The molecule has 0 aliphatic heterocycles. The lowest BCUT2D eigenvalue weighted by atomic mass is 9.69. The molecule has 2 rings (SSSR count). The molecule has 1 aromatic carbocycles. The van der Waals surface area contributed by atoms with E-state index in [0.717, 1.165) is 6.42 Å². The Hall–Kier alpha value is -1.29. The molecule has 78 valence electrons. The highest BCUT2D eigenvalue weighted by Crippen LogP contribution is 2.43. The van der Waals surface area contributed by atoms with E-state index in [-0.39, 0.29) is 5.41 Å². The van der Waals surface area contributed by atoms with Crippen LogP contribution in [0, 0.1) is 16.7 Å². The molecule has 15 heavy (non-hydrogen) atoms. The molecular weight excluding hydrogens is 182 g/mol. The summed E-state index contributed by atoms with van der Waals surface area (Å²) in [5.41, 5.74) is 2.60. The van der Waals surface area contributed by atoms with Gasteiger partial charge in [-0.1, -0.05) is 24.3 Å². The van der Waals surface area contributed by atoms with Gasteiger partial charge in [0.05, 0.1) is 11.5 Å². The summed E-state index contributed by atoms with van der Waals surface area (Å²) in [4.78, 5) is 0. The van der Waals surface area contributed by atoms with Crippen LogP contribution in [-0.2, 0) is 6.42 Å². The van der Waals surface area contributed by atoms with Crippen molar-refractivity contribution in [2.24, 2.45) is 5.41 Å². The maximum atomic E-state index is 9.22. The first-order valence-corrected chi connectivity index (χ1v) is 5.64. The molecule has 0 saturated carbocycles. The van der Waals surface area contributed by atoms with E-state index in [4.69, 9.17) is 0 Å². The minimum atomic E-state index is -0.240. The van der Waals surface area contributed by atoms with Crippen LogP contribution in [0.15, 0.2) is 24.3 Å². The van der Waals surface area contributed by atoms with E-state index in [1.807, 2.05) is 0 Å². The molecule has 0 spiro atoms.